The zero-order chi connectivity index (χ0) is 29.5. The Balaban J connectivity index is 2.39. The van der Waals surface area contributed by atoms with E-state index >= 15 is 0 Å². The highest BCUT2D eigenvalue weighted by atomic mass is 31.2. The van der Waals surface area contributed by atoms with Crippen LogP contribution in [0.4, 0.5) is 5.69 Å². The van der Waals surface area contributed by atoms with E-state index in [4.69, 9.17) is 9.48 Å². The topological polar surface area (TPSA) is 62.0 Å². The molecule has 0 aromatic heterocycles. The van der Waals surface area contributed by atoms with Gasteiger partial charge in [0, 0.05) is 27.0 Å². The number of aromatic hydroxyl groups is 2. The van der Waals surface area contributed by atoms with Crippen LogP contribution in [0, 0.1) is 13.8 Å². The standard InChI is InChI=1S/C35H42NO3P/c1-23-19-26(34(3,4)5)32(37)30(21-23)40(36-25-15-11-10-12-16-25,29-18-14-13-17-28(29)39-9)31-22-24(2)20-27(33(31)38)35(6,7)8/h10-22,37-38H,1-9H3. The zero-order valence-corrected chi connectivity index (χ0v) is 26.1. The molecule has 5 heteroatoms. The van der Waals surface area contributed by atoms with Crippen LogP contribution in [-0.2, 0) is 10.8 Å². The summed E-state index contributed by atoms with van der Waals surface area (Å²) in [5.41, 5.74) is 3.84. The highest BCUT2D eigenvalue weighted by molar-refractivity contribution is 7.88. The van der Waals surface area contributed by atoms with E-state index in [1.165, 1.54) is 0 Å². The summed E-state index contributed by atoms with van der Waals surface area (Å²) in [4.78, 5) is 0. The second-order valence-electron chi connectivity index (χ2n) is 12.6. The number of phenols is 2. The van der Waals surface area contributed by atoms with E-state index in [2.05, 4.69) is 53.7 Å². The third-order valence-corrected chi connectivity index (χ3v) is 10.9. The molecule has 0 fully saturated rings. The molecule has 2 N–H and O–H groups in total. The molecule has 0 saturated carbocycles. The third-order valence-electron chi connectivity index (χ3n) is 7.24. The summed E-state index contributed by atoms with van der Waals surface area (Å²) in [5, 5.41) is 26.6. The van der Waals surface area contributed by atoms with Crippen molar-refractivity contribution < 1.29 is 14.9 Å². The Morgan fingerprint density at radius 1 is 0.625 bits per heavy atom. The molecule has 0 amide bonds. The molecule has 0 spiro atoms. The average Bonchev–Trinajstić information content (AvgIpc) is 2.89. The quantitative estimate of drug-likeness (QED) is 0.245. The Kier molecular flexibility index (Phi) is 7.98. The normalized spacial score (nSPS) is 12.3. The first-order valence-corrected chi connectivity index (χ1v) is 15.4. The minimum atomic E-state index is -3.15. The van der Waals surface area contributed by atoms with E-state index in [0.29, 0.717) is 16.4 Å². The van der Waals surface area contributed by atoms with E-state index < -0.39 is 7.05 Å². The second kappa shape index (κ2) is 10.8. The number of benzene rings is 4. The Labute approximate surface area is 239 Å². The molecule has 4 aromatic rings. The smallest absolute Gasteiger partial charge is 0.129 e. The van der Waals surface area contributed by atoms with Crippen molar-refractivity contribution in [2.24, 2.45) is 4.74 Å². The molecule has 40 heavy (non-hydrogen) atoms. The number of phenolic OH excluding ortho intramolecular Hbond substituents is 2. The predicted molar refractivity (Wildman–Crippen MR) is 170 cm³/mol. The maximum atomic E-state index is 12.2. The maximum Gasteiger partial charge on any atom is 0.129 e. The van der Waals surface area contributed by atoms with Crippen molar-refractivity contribution in [3.63, 3.8) is 0 Å². The van der Waals surface area contributed by atoms with Crippen LogP contribution in [0.1, 0.15) is 63.8 Å². The molecule has 0 radical (unpaired) electrons. The molecule has 4 rings (SSSR count). The molecular formula is C35H42NO3P. The van der Waals surface area contributed by atoms with Crippen LogP contribution < -0.4 is 20.7 Å². The Bertz CT molecular complexity index is 1520. The first-order valence-electron chi connectivity index (χ1n) is 13.7. The molecule has 0 aliphatic rings. The van der Waals surface area contributed by atoms with Crippen molar-refractivity contribution in [1.29, 1.82) is 0 Å². The van der Waals surface area contributed by atoms with E-state index in [-0.39, 0.29) is 22.3 Å². The molecule has 0 saturated heterocycles. The van der Waals surface area contributed by atoms with Gasteiger partial charge in [-0.2, -0.15) is 0 Å². The lowest BCUT2D eigenvalue weighted by molar-refractivity contribution is 0.418. The number of rotatable bonds is 5. The SMILES string of the molecule is COc1ccccc1P(=Nc1ccccc1)(c1cc(C)cc(C(C)(C)C)c1O)c1cc(C)cc(C(C)(C)C)c1O. The molecule has 4 aromatic carbocycles. The number of hydrogen-bond donors (Lipinski definition) is 2. The van der Waals surface area contributed by atoms with Crippen molar-refractivity contribution in [1.82, 2.24) is 0 Å². The number of nitrogens with zero attached hydrogens (tertiary/aromatic N) is 1. The number of ether oxygens (including phenoxy) is 1. The van der Waals surface area contributed by atoms with E-state index in [0.717, 1.165) is 33.2 Å². The van der Waals surface area contributed by atoms with Crippen molar-refractivity contribution in [2.45, 2.75) is 66.2 Å². The van der Waals surface area contributed by atoms with Crippen LogP contribution in [0.15, 0.2) is 83.6 Å². The third kappa shape index (κ3) is 5.43. The summed E-state index contributed by atoms with van der Waals surface area (Å²) in [5.74, 6) is 1.07. The largest absolute Gasteiger partial charge is 0.507 e. The monoisotopic (exact) mass is 555 g/mol. The average molecular weight is 556 g/mol. The van der Waals surface area contributed by atoms with Gasteiger partial charge in [0.05, 0.1) is 19.9 Å². The fourth-order valence-electron chi connectivity index (χ4n) is 5.27. The number of aryl methyl sites for hydroxylation is 2. The second-order valence-corrected chi connectivity index (χ2v) is 15.5. The van der Waals surface area contributed by atoms with Gasteiger partial charge >= 0.3 is 0 Å². The zero-order valence-electron chi connectivity index (χ0n) is 25.2. The fourth-order valence-corrected chi connectivity index (χ4v) is 9.28. The summed E-state index contributed by atoms with van der Waals surface area (Å²) in [6.07, 6.45) is 0. The van der Waals surface area contributed by atoms with Gasteiger partial charge in [-0.15, -0.1) is 0 Å². The molecule has 0 bridgehead atoms. The van der Waals surface area contributed by atoms with Gasteiger partial charge in [-0.3, -0.25) is 4.74 Å². The highest BCUT2D eigenvalue weighted by Gasteiger charge is 2.39. The molecular weight excluding hydrogens is 513 g/mol. The Morgan fingerprint density at radius 2 is 1.07 bits per heavy atom. The molecule has 0 aliphatic carbocycles. The van der Waals surface area contributed by atoms with Crippen LogP contribution in [0.25, 0.3) is 0 Å². The fraction of sp³-hybridized carbons (Fsp3) is 0.314. The van der Waals surface area contributed by atoms with Crippen LogP contribution in [0.5, 0.6) is 17.2 Å². The Hall–Kier alpha value is -3.49. The molecule has 4 nitrogen and oxygen atoms in total. The summed E-state index contributed by atoms with van der Waals surface area (Å²) < 4.78 is 11.5. The van der Waals surface area contributed by atoms with Gasteiger partial charge in [0.25, 0.3) is 0 Å². The molecule has 0 unspecified atom stereocenters. The van der Waals surface area contributed by atoms with Crippen molar-refractivity contribution in [2.75, 3.05) is 7.11 Å². The number of hydrogen-bond acceptors (Lipinski definition) is 4. The molecule has 0 heterocycles. The number of para-hydroxylation sites is 1. The lowest BCUT2D eigenvalue weighted by atomic mass is 9.85. The van der Waals surface area contributed by atoms with Gasteiger partial charge in [0.1, 0.15) is 17.2 Å². The van der Waals surface area contributed by atoms with E-state index in [1.807, 2.05) is 80.6 Å². The summed E-state index contributed by atoms with van der Waals surface area (Å²) >= 11 is 0. The van der Waals surface area contributed by atoms with Crippen molar-refractivity contribution in [3.05, 3.63) is 101 Å². The minimum absolute atomic E-state index is 0.204. The summed E-state index contributed by atoms with van der Waals surface area (Å²) in [6.45, 7) is 16.7. The number of methoxy groups -OCH3 is 1. The lowest BCUT2D eigenvalue weighted by Gasteiger charge is -2.33. The van der Waals surface area contributed by atoms with Gasteiger partial charge < -0.3 is 14.9 Å². The first kappa shape index (κ1) is 29.5. The molecule has 210 valence electrons. The highest BCUT2D eigenvalue weighted by Crippen LogP contribution is 2.56. The van der Waals surface area contributed by atoms with Gasteiger partial charge in [-0.1, -0.05) is 84.0 Å². The summed E-state index contributed by atoms with van der Waals surface area (Å²) in [6, 6.07) is 25.9. The van der Waals surface area contributed by atoms with Crippen LogP contribution in [0.2, 0.25) is 0 Å². The van der Waals surface area contributed by atoms with E-state index in [1.54, 1.807) is 7.11 Å². The van der Waals surface area contributed by atoms with Crippen LogP contribution >= 0.6 is 7.05 Å². The van der Waals surface area contributed by atoms with Crippen LogP contribution in [-0.4, -0.2) is 17.3 Å². The van der Waals surface area contributed by atoms with Crippen LogP contribution in [0.3, 0.4) is 0 Å². The maximum absolute atomic E-state index is 12.2. The van der Waals surface area contributed by atoms with Gasteiger partial charge in [-0.25, -0.2) is 0 Å². The Morgan fingerprint density at radius 3 is 1.52 bits per heavy atom. The van der Waals surface area contributed by atoms with Crippen molar-refractivity contribution >= 4 is 28.7 Å². The minimum Gasteiger partial charge on any atom is -0.507 e. The molecule has 0 aliphatic heterocycles. The van der Waals surface area contributed by atoms with Gasteiger partial charge in [0.15, 0.2) is 0 Å². The lowest BCUT2D eigenvalue weighted by Crippen LogP contribution is -2.30. The van der Waals surface area contributed by atoms with E-state index in [9.17, 15) is 10.2 Å². The summed E-state index contributed by atoms with van der Waals surface area (Å²) in [7, 11) is -1.50. The van der Waals surface area contributed by atoms with Crippen molar-refractivity contribution in [3.8, 4) is 17.2 Å². The van der Waals surface area contributed by atoms with Gasteiger partial charge in [-0.05, 0) is 72.2 Å². The van der Waals surface area contributed by atoms with Gasteiger partial charge in [0.2, 0.25) is 0 Å². The molecule has 0 atom stereocenters. The first-order chi connectivity index (χ1) is 18.7. The predicted octanol–water partition coefficient (Wildman–Crippen LogP) is 8.13.